The number of nitrogens with zero attached hydrogens (tertiary/aromatic N) is 2. The number of aromatic amines is 1. The number of rotatable bonds is 6. The van der Waals surface area contributed by atoms with Crippen molar-refractivity contribution in [2.75, 3.05) is 16.0 Å². The average Bonchev–Trinajstić information content (AvgIpc) is 3.70. The highest BCUT2D eigenvalue weighted by atomic mass is 19.4. The second-order valence-corrected chi connectivity index (χ2v) is 9.75. The maximum atomic E-state index is 13.6. The van der Waals surface area contributed by atoms with Crippen molar-refractivity contribution in [3.05, 3.63) is 120 Å². The second kappa shape index (κ2) is 10.4. The molecular formula is C31H23F3N6O2. The first-order valence-electron chi connectivity index (χ1n) is 12.8. The van der Waals surface area contributed by atoms with Crippen molar-refractivity contribution in [2.24, 2.45) is 0 Å². The number of H-pyrrole nitrogens is 1. The standard InChI is InChI=1S/C31H23F3N6O2/c1-18-16-40(17-36-18)25-11-19(10-20(12-25)31(32,33)34)29(41)38-23-5-2-4-22(13-23)37-24-7-8-28-26(15-24)27(30(42)39-28)14-21-6-3-9-35-21/h2-17,35,37H,1H3,(H,38,41)(H,39,42)/b27-14-. The molecule has 0 unspecified atom stereocenters. The summed E-state index contributed by atoms with van der Waals surface area (Å²) in [7, 11) is 0. The van der Waals surface area contributed by atoms with Crippen LogP contribution in [0.15, 0.2) is 91.5 Å². The number of halogens is 3. The van der Waals surface area contributed by atoms with E-state index >= 15 is 0 Å². The van der Waals surface area contributed by atoms with Gasteiger partial charge < -0.3 is 25.5 Å². The molecule has 3 aromatic carbocycles. The van der Waals surface area contributed by atoms with Crippen LogP contribution in [0.2, 0.25) is 0 Å². The monoisotopic (exact) mass is 568 g/mol. The molecule has 2 aromatic heterocycles. The average molecular weight is 569 g/mol. The van der Waals surface area contributed by atoms with Crippen LogP contribution in [0, 0.1) is 6.92 Å². The van der Waals surface area contributed by atoms with E-state index in [4.69, 9.17) is 0 Å². The van der Waals surface area contributed by atoms with Crippen molar-refractivity contribution < 1.29 is 22.8 Å². The Labute approximate surface area is 237 Å². The fourth-order valence-electron chi connectivity index (χ4n) is 4.66. The topological polar surface area (TPSA) is 104 Å². The molecule has 1 aliphatic heterocycles. The molecule has 5 aromatic rings. The number of amides is 2. The summed E-state index contributed by atoms with van der Waals surface area (Å²) in [6.45, 7) is 1.72. The number of aromatic nitrogens is 3. The molecule has 210 valence electrons. The van der Waals surface area contributed by atoms with Crippen LogP contribution in [0.4, 0.5) is 35.9 Å². The lowest BCUT2D eigenvalue weighted by atomic mass is 10.0. The molecule has 42 heavy (non-hydrogen) atoms. The van der Waals surface area contributed by atoms with Gasteiger partial charge in [-0.15, -0.1) is 0 Å². The van der Waals surface area contributed by atoms with Crippen molar-refractivity contribution in [1.29, 1.82) is 0 Å². The van der Waals surface area contributed by atoms with Crippen LogP contribution in [0.3, 0.4) is 0 Å². The van der Waals surface area contributed by atoms with E-state index in [1.54, 1.807) is 55.7 Å². The number of imidazole rings is 1. The van der Waals surface area contributed by atoms with Gasteiger partial charge >= 0.3 is 6.18 Å². The lowest BCUT2D eigenvalue weighted by Gasteiger charge is -2.14. The van der Waals surface area contributed by atoms with Gasteiger partial charge in [0.15, 0.2) is 0 Å². The third-order valence-electron chi connectivity index (χ3n) is 6.65. The largest absolute Gasteiger partial charge is 0.416 e. The number of hydrogen-bond acceptors (Lipinski definition) is 4. The van der Waals surface area contributed by atoms with Crippen LogP contribution in [0.1, 0.15) is 32.9 Å². The van der Waals surface area contributed by atoms with Gasteiger partial charge in [-0.2, -0.15) is 13.2 Å². The summed E-state index contributed by atoms with van der Waals surface area (Å²) in [6.07, 6.45) is 1.88. The van der Waals surface area contributed by atoms with Gasteiger partial charge in [-0.1, -0.05) is 6.07 Å². The van der Waals surface area contributed by atoms with E-state index < -0.39 is 17.6 Å². The number of nitrogens with one attached hydrogen (secondary N) is 4. The van der Waals surface area contributed by atoms with E-state index in [1.165, 1.54) is 17.0 Å². The summed E-state index contributed by atoms with van der Waals surface area (Å²) in [5.41, 5.74) is 4.14. The lowest BCUT2D eigenvalue weighted by molar-refractivity contribution is -0.137. The lowest BCUT2D eigenvalue weighted by Crippen LogP contribution is -2.15. The molecule has 2 amide bonds. The molecule has 0 spiro atoms. The van der Waals surface area contributed by atoms with Gasteiger partial charge in [0.05, 0.1) is 23.2 Å². The summed E-state index contributed by atoms with van der Waals surface area (Å²) in [6, 6.07) is 19.1. The van der Waals surface area contributed by atoms with Gasteiger partial charge in [-0.3, -0.25) is 9.59 Å². The fraction of sp³-hybridized carbons (Fsp3) is 0.0645. The minimum absolute atomic E-state index is 0.151. The van der Waals surface area contributed by atoms with Crippen LogP contribution < -0.4 is 16.0 Å². The molecule has 0 fully saturated rings. The molecular weight excluding hydrogens is 545 g/mol. The van der Waals surface area contributed by atoms with Gasteiger partial charge in [-0.05, 0) is 79.7 Å². The van der Waals surface area contributed by atoms with E-state index in [9.17, 15) is 22.8 Å². The van der Waals surface area contributed by atoms with E-state index in [-0.39, 0.29) is 17.2 Å². The van der Waals surface area contributed by atoms with E-state index in [2.05, 4.69) is 25.9 Å². The molecule has 3 heterocycles. The third kappa shape index (κ3) is 5.52. The molecule has 0 bridgehead atoms. The smallest absolute Gasteiger partial charge is 0.362 e. The summed E-state index contributed by atoms with van der Waals surface area (Å²) >= 11 is 0. The Hall–Kier alpha value is -5.58. The number of aryl methyl sites for hydroxylation is 1. The zero-order valence-corrected chi connectivity index (χ0v) is 22.1. The molecule has 6 rings (SSSR count). The molecule has 1 aliphatic rings. The molecule has 4 N–H and O–H groups in total. The first-order chi connectivity index (χ1) is 20.1. The fourth-order valence-corrected chi connectivity index (χ4v) is 4.66. The summed E-state index contributed by atoms with van der Waals surface area (Å²) in [5, 5.41) is 8.80. The number of carbonyl (C=O) groups excluding carboxylic acids is 2. The molecule has 0 aliphatic carbocycles. The minimum Gasteiger partial charge on any atom is -0.362 e. The van der Waals surface area contributed by atoms with Crippen molar-refractivity contribution in [1.82, 2.24) is 14.5 Å². The normalized spacial score (nSPS) is 13.6. The van der Waals surface area contributed by atoms with Gasteiger partial charge in [0, 0.05) is 57.7 Å². The van der Waals surface area contributed by atoms with E-state index in [0.717, 1.165) is 23.4 Å². The van der Waals surface area contributed by atoms with Crippen LogP contribution in [0.25, 0.3) is 17.3 Å². The zero-order valence-electron chi connectivity index (χ0n) is 22.1. The number of benzene rings is 3. The molecule has 11 heteroatoms. The molecule has 0 radical (unpaired) electrons. The third-order valence-corrected chi connectivity index (χ3v) is 6.65. The second-order valence-electron chi connectivity index (χ2n) is 9.75. The molecule has 0 saturated carbocycles. The van der Waals surface area contributed by atoms with Gasteiger partial charge in [0.1, 0.15) is 0 Å². The predicted octanol–water partition coefficient (Wildman–Crippen LogP) is 7.02. The summed E-state index contributed by atoms with van der Waals surface area (Å²) < 4.78 is 42.4. The first kappa shape index (κ1) is 26.6. The quantitative estimate of drug-likeness (QED) is 0.165. The Morgan fingerprint density at radius 2 is 1.79 bits per heavy atom. The van der Waals surface area contributed by atoms with Gasteiger partial charge in [-0.25, -0.2) is 4.98 Å². The Morgan fingerprint density at radius 1 is 0.976 bits per heavy atom. The van der Waals surface area contributed by atoms with Gasteiger partial charge in [0.25, 0.3) is 11.8 Å². The Kier molecular flexibility index (Phi) is 6.62. The van der Waals surface area contributed by atoms with Crippen LogP contribution >= 0.6 is 0 Å². The summed E-state index contributed by atoms with van der Waals surface area (Å²) in [5.74, 6) is -0.903. The first-order valence-corrected chi connectivity index (χ1v) is 12.8. The van der Waals surface area contributed by atoms with Crippen molar-refractivity contribution >= 4 is 46.2 Å². The molecule has 8 nitrogen and oxygen atoms in total. The predicted molar refractivity (Wildman–Crippen MR) is 155 cm³/mol. The maximum absolute atomic E-state index is 13.6. The Bertz CT molecular complexity index is 1850. The Balaban J connectivity index is 1.23. The minimum atomic E-state index is -4.64. The Morgan fingerprint density at radius 3 is 2.52 bits per heavy atom. The van der Waals surface area contributed by atoms with Crippen molar-refractivity contribution in [2.45, 2.75) is 13.1 Å². The van der Waals surface area contributed by atoms with Crippen LogP contribution in [-0.4, -0.2) is 26.3 Å². The van der Waals surface area contributed by atoms with Crippen molar-refractivity contribution in [3.63, 3.8) is 0 Å². The highest BCUT2D eigenvalue weighted by Gasteiger charge is 2.32. The summed E-state index contributed by atoms with van der Waals surface area (Å²) in [4.78, 5) is 32.8. The number of fused-ring (bicyclic) bond motifs is 1. The van der Waals surface area contributed by atoms with E-state index in [0.29, 0.717) is 34.0 Å². The maximum Gasteiger partial charge on any atom is 0.416 e. The number of carbonyl (C=O) groups is 2. The zero-order chi connectivity index (χ0) is 29.4. The number of hydrogen-bond donors (Lipinski definition) is 4. The van der Waals surface area contributed by atoms with Crippen LogP contribution in [0.5, 0.6) is 0 Å². The highest BCUT2D eigenvalue weighted by Crippen LogP contribution is 2.36. The van der Waals surface area contributed by atoms with Gasteiger partial charge in [0.2, 0.25) is 0 Å². The molecule has 0 saturated heterocycles. The van der Waals surface area contributed by atoms with Crippen LogP contribution in [-0.2, 0) is 11.0 Å². The number of anilines is 4. The number of alkyl halides is 3. The van der Waals surface area contributed by atoms with E-state index in [1.807, 2.05) is 24.3 Å². The van der Waals surface area contributed by atoms with Crippen molar-refractivity contribution in [3.8, 4) is 5.69 Å². The molecule has 0 atom stereocenters. The highest BCUT2D eigenvalue weighted by molar-refractivity contribution is 6.35. The SMILES string of the molecule is Cc1cn(-c2cc(C(=O)Nc3cccc(Nc4ccc5c(c4)/C(=C/c4ccc[nH]4)C(=O)N5)c3)cc(C(F)(F)F)c2)cn1.